The number of anilines is 2. The first kappa shape index (κ1) is 28.7. The Morgan fingerprint density at radius 1 is 1.05 bits per heavy atom. The standard InChI is InChI=1S/C28H31F3N6O3S/c1-14(2)37-27-19(15-4-6-16(32)7-5-15)13-34-28(33)25(27)26(35-37)18-11-22(31)23(12-21(18)30)36-41(38,39)24-10-17(40-3)8-9-20(24)29/h8-16,36H,4-7,32H2,1-3H3,(H2,33,34). The quantitative estimate of drug-likeness (QED) is 0.260. The van der Waals surface area contributed by atoms with Gasteiger partial charge in [0.05, 0.1) is 23.7 Å². The molecule has 0 atom stereocenters. The van der Waals surface area contributed by atoms with Gasteiger partial charge in [0, 0.05) is 36.0 Å². The number of halogens is 3. The predicted molar refractivity (Wildman–Crippen MR) is 151 cm³/mol. The zero-order chi connectivity index (χ0) is 29.6. The van der Waals surface area contributed by atoms with Crippen molar-refractivity contribution in [1.82, 2.24) is 14.8 Å². The minimum atomic E-state index is -4.63. The summed E-state index contributed by atoms with van der Waals surface area (Å²) in [4.78, 5) is 3.59. The minimum absolute atomic E-state index is 0.0723. The zero-order valence-electron chi connectivity index (χ0n) is 22.8. The third-order valence-corrected chi connectivity index (χ3v) is 8.85. The normalized spacial score (nSPS) is 17.8. The summed E-state index contributed by atoms with van der Waals surface area (Å²) in [5.74, 6) is -2.80. The van der Waals surface area contributed by atoms with Crippen LogP contribution in [0.2, 0.25) is 0 Å². The van der Waals surface area contributed by atoms with E-state index in [9.17, 15) is 12.8 Å². The number of hydrogen-bond acceptors (Lipinski definition) is 7. The van der Waals surface area contributed by atoms with Crippen LogP contribution in [-0.2, 0) is 10.0 Å². The van der Waals surface area contributed by atoms with Gasteiger partial charge >= 0.3 is 0 Å². The van der Waals surface area contributed by atoms with E-state index in [1.807, 2.05) is 18.6 Å². The molecule has 13 heteroatoms. The lowest BCUT2D eigenvalue weighted by Gasteiger charge is -2.27. The van der Waals surface area contributed by atoms with Crippen LogP contribution >= 0.6 is 0 Å². The first-order valence-electron chi connectivity index (χ1n) is 13.2. The monoisotopic (exact) mass is 588 g/mol. The van der Waals surface area contributed by atoms with Crippen LogP contribution in [0.15, 0.2) is 41.4 Å². The van der Waals surface area contributed by atoms with Crippen molar-refractivity contribution in [3.05, 3.63) is 59.5 Å². The number of hydrogen-bond donors (Lipinski definition) is 3. The van der Waals surface area contributed by atoms with Gasteiger partial charge in [-0.2, -0.15) is 5.10 Å². The van der Waals surface area contributed by atoms with Gasteiger partial charge in [-0.05, 0) is 69.2 Å². The Morgan fingerprint density at radius 2 is 1.76 bits per heavy atom. The van der Waals surface area contributed by atoms with Crippen molar-refractivity contribution in [2.24, 2.45) is 5.73 Å². The average Bonchev–Trinajstić information content (AvgIpc) is 3.33. The van der Waals surface area contributed by atoms with Crippen molar-refractivity contribution < 1.29 is 26.3 Å². The fourth-order valence-corrected chi connectivity index (χ4v) is 6.48. The number of methoxy groups -OCH3 is 1. The number of nitrogens with zero attached hydrogens (tertiary/aromatic N) is 3. The summed E-state index contributed by atoms with van der Waals surface area (Å²) in [7, 11) is -3.35. The number of rotatable bonds is 7. The maximum absolute atomic E-state index is 15.6. The van der Waals surface area contributed by atoms with Crippen LogP contribution in [0.5, 0.6) is 5.75 Å². The fraction of sp³-hybridized carbons (Fsp3) is 0.357. The van der Waals surface area contributed by atoms with Gasteiger partial charge in [0.15, 0.2) is 0 Å². The third kappa shape index (κ3) is 5.31. The van der Waals surface area contributed by atoms with Gasteiger partial charge in [-0.1, -0.05) is 0 Å². The Hall–Kier alpha value is -3.84. The summed E-state index contributed by atoms with van der Waals surface area (Å²) in [6, 6.07) is 4.61. The van der Waals surface area contributed by atoms with E-state index in [2.05, 4.69) is 10.1 Å². The lowest BCUT2D eigenvalue weighted by molar-refractivity contribution is 0.395. The fourth-order valence-electron chi connectivity index (χ4n) is 5.33. The molecule has 0 bridgehead atoms. The largest absolute Gasteiger partial charge is 0.497 e. The molecule has 0 saturated heterocycles. The number of fused-ring (bicyclic) bond motifs is 1. The summed E-state index contributed by atoms with van der Waals surface area (Å²) in [5.41, 5.74) is 13.2. The third-order valence-electron chi connectivity index (χ3n) is 7.47. The SMILES string of the molecule is COc1ccc(F)c(S(=O)(=O)Nc2cc(F)c(-c3nn(C(C)C)c4c(C5CCC(N)CC5)cnc(N)c34)cc2F)c1. The molecule has 5 rings (SSSR count). The summed E-state index contributed by atoms with van der Waals surface area (Å²) in [5, 5.41) is 5.02. The number of nitrogens with two attached hydrogens (primary N) is 2. The second kappa shape index (κ2) is 10.9. The van der Waals surface area contributed by atoms with Gasteiger partial charge in [-0.15, -0.1) is 0 Å². The summed E-state index contributed by atoms with van der Waals surface area (Å²) < 4.78 is 79.7. The number of nitrogen functional groups attached to an aromatic ring is 1. The second-order valence-corrected chi connectivity index (χ2v) is 12.2. The van der Waals surface area contributed by atoms with Crippen molar-refractivity contribution in [2.75, 3.05) is 17.6 Å². The molecule has 1 fully saturated rings. The number of pyridine rings is 1. The highest BCUT2D eigenvalue weighted by molar-refractivity contribution is 7.92. The zero-order valence-corrected chi connectivity index (χ0v) is 23.6. The van der Waals surface area contributed by atoms with Crippen LogP contribution in [0.4, 0.5) is 24.7 Å². The number of sulfonamides is 1. The Kier molecular flexibility index (Phi) is 7.60. The molecule has 0 radical (unpaired) electrons. The highest BCUT2D eigenvalue weighted by atomic mass is 32.2. The van der Waals surface area contributed by atoms with E-state index in [4.69, 9.17) is 16.2 Å². The molecule has 2 aromatic heterocycles. The molecular weight excluding hydrogens is 557 g/mol. The van der Waals surface area contributed by atoms with E-state index in [0.29, 0.717) is 17.0 Å². The minimum Gasteiger partial charge on any atom is -0.497 e. The lowest BCUT2D eigenvalue weighted by atomic mass is 9.82. The highest BCUT2D eigenvalue weighted by Gasteiger charge is 2.29. The van der Waals surface area contributed by atoms with Crippen molar-refractivity contribution >= 4 is 32.4 Å². The van der Waals surface area contributed by atoms with Gasteiger partial charge in [0.1, 0.15) is 39.6 Å². The van der Waals surface area contributed by atoms with E-state index >= 15 is 8.78 Å². The van der Waals surface area contributed by atoms with Crippen LogP contribution in [0.25, 0.3) is 22.2 Å². The maximum Gasteiger partial charge on any atom is 0.265 e. The molecule has 9 nitrogen and oxygen atoms in total. The van der Waals surface area contributed by atoms with E-state index in [-0.39, 0.29) is 40.8 Å². The van der Waals surface area contributed by atoms with Gasteiger partial charge in [-0.25, -0.2) is 26.6 Å². The average molecular weight is 589 g/mol. The first-order valence-corrected chi connectivity index (χ1v) is 14.7. The second-order valence-electron chi connectivity index (χ2n) is 10.5. The lowest BCUT2D eigenvalue weighted by Crippen LogP contribution is -2.26. The van der Waals surface area contributed by atoms with Crippen LogP contribution in [0, 0.1) is 17.5 Å². The van der Waals surface area contributed by atoms with Gasteiger partial charge in [0.25, 0.3) is 10.0 Å². The number of ether oxygens (including phenoxy) is 1. The van der Waals surface area contributed by atoms with E-state index < -0.39 is 38.1 Å². The molecule has 41 heavy (non-hydrogen) atoms. The van der Waals surface area contributed by atoms with Crippen LogP contribution in [0.1, 0.15) is 57.1 Å². The van der Waals surface area contributed by atoms with Gasteiger partial charge < -0.3 is 16.2 Å². The van der Waals surface area contributed by atoms with Crippen molar-refractivity contribution in [3.8, 4) is 17.0 Å². The van der Waals surface area contributed by atoms with Crippen LogP contribution in [-0.4, -0.2) is 36.3 Å². The molecular formula is C28H31F3N6O3S. The van der Waals surface area contributed by atoms with Crippen molar-refractivity contribution in [1.29, 1.82) is 0 Å². The van der Waals surface area contributed by atoms with Gasteiger partial charge in [-0.3, -0.25) is 9.40 Å². The van der Waals surface area contributed by atoms with Crippen LogP contribution < -0.4 is 20.9 Å². The van der Waals surface area contributed by atoms with Crippen molar-refractivity contribution in [2.45, 2.75) is 62.4 Å². The number of benzene rings is 2. The Morgan fingerprint density at radius 3 is 2.41 bits per heavy atom. The van der Waals surface area contributed by atoms with Gasteiger partial charge in [0.2, 0.25) is 0 Å². The molecule has 1 aliphatic carbocycles. The molecule has 5 N–H and O–H groups in total. The molecule has 0 amide bonds. The molecule has 1 aliphatic rings. The highest BCUT2D eigenvalue weighted by Crippen LogP contribution is 2.42. The van der Waals surface area contributed by atoms with Crippen molar-refractivity contribution in [3.63, 3.8) is 0 Å². The Labute approximate surface area is 235 Å². The van der Waals surface area contributed by atoms with E-state index in [1.54, 1.807) is 10.9 Å². The molecule has 0 spiro atoms. The molecule has 2 aromatic carbocycles. The maximum atomic E-state index is 15.6. The molecule has 4 aromatic rings. The van der Waals surface area contributed by atoms with E-state index in [1.165, 1.54) is 13.2 Å². The Balaban J connectivity index is 1.60. The summed E-state index contributed by atoms with van der Waals surface area (Å²) in [6.45, 7) is 3.83. The molecule has 0 aliphatic heterocycles. The van der Waals surface area contributed by atoms with Crippen LogP contribution in [0.3, 0.4) is 0 Å². The first-order chi connectivity index (χ1) is 19.4. The topological polar surface area (TPSA) is 138 Å². The summed E-state index contributed by atoms with van der Waals surface area (Å²) >= 11 is 0. The number of aromatic nitrogens is 3. The predicted octanol–water partition coefficient (Wildman–Crippen LogP) is 5.47. The molecule has 2 heterocycles. The molecule has 0 unspecified atom stereocenters. The smallest absolute Gasteiger partial charge is 0.265 e. The Bertz CT molecular complexity index is 1730. The van der Waals surface area contributed by atoms with E-state index in [0.717, 1.165) is 49.4 Å². The number of nitrogens with one attached hydrogen (secondary N) is 1. The summed E-state index contributed by atoms with van der Waals surface area (Å²) in [6.07, 6.45) is 5.14. The molecule has 1 saturated carbocycles. The molecule has 218 valence electrons.